The van der Waals surface area contributed by atoms with E-state index in [9.17, 15) is 0 Å². The van der Waals surface area contributed by atoms with E-state index >= 15 is 0 Å². The first kappa shape index (κ1) is 17.0. The molecule has 2 heteroatoms. The maximum atomic E-state index is 3.74. The lowest BCUT2D eigenvalue weighted by Gasteiger charge is -2.38. The highest BCUT2D eigenvalue weighted by Gasteiger charge is 2.26. The van der Waals surface area contributed by atoms with Gasteiger partial charge in [-0.05, 0) is 56.1 Å². The molecule has 0 spiro atoms. The molecule has 0 aliphatic carbocycles. The van der Waals surface area contributed by atoms with Crippen molar-refractivity contribution in [3.05, 3.63) is 0 Å². The van der Waals surface area contributed by atoms with Gasteiger partial charge in [0.15, 0.2) is 0 Å². The third-order valence-corrected chi connectivity index (χ3v) is 4.84. The van der Waals surface area contributed by atoms with Gasteiger partial charge in [-0.3, -0.25) is 0 Å². The number of hydrogen-bond donors (Lipinski definition) is 1. The van der Waals surface area contributed by atoms with Crippen molar-refractivity contribution >= 4 is 0 Å². The minimum absolute atomic E-state index is 0.365. The van der Waals surface area contributed by atoms with Gasteiger partial charge in [0.05, 0.1) is 0 Å². The Bertz CT molecular complexity index is 244. The van der Waals surface area contributed by atoms with Crippen LogP contribution < -0.4 is 5.32 Å². The van der Waals surface area contributed by atoms with E-state index in [1.807, 2.05) is 0 Å². The zero-order chi connectivity index (χ0) is 14.5. The fourth-order valence-corrected chi connectivity index (χ4v) is 3.02. The van der Waals surface area contributed by atoms with Crippen LogP contribution in [0.25, 0.3) is 0 Å². The lowest BCUT2D eigenvalue weighted by molar-refractivity contribution is 0.123. The highest BCUT2D eigenvalue weighted by molar-refractivity contribution is 4.83. The minimum atomic E-state index is 0.365. The van der Waals surface area contributed by atoms with Crippen molar-refractivity contribution in [2.24, 2.45) is 17.3 Å². The highest BCUT2D eigenvalue weighted by Crippen LogP contribution is 2.25. The molecule has 0 radical (unpaired) electrons. The standard InChI is InChI=1S/C17H36N2/c1-7-10-18-16(17(4,5)6)9-12-19-11-8-14(2)15(3)13-19/h14-16,18H,7-13H2,1-6H3. The van der Waals surface area contributed by atoms with Gasteiger partial charge in [-0.1, -0.05) is 41.5 Å². The summed E-state index contributed by atoms with van der Waals surface area (Å²) < 4.78 is 0. The van der Waals surface area contributed by atoms with Crippen molar-refractivity contribution < 1.29 is 0 Å². The molecular formula is C17H36N2. The van der Waals surface area contributed by atoms with E-state index in [4.69, 9.17) is 0 Å². The first-order chi connectivity index (χ1) is 8.84. The molecule has 0 aromatic heterocycles. The maximum absolute atomic E-state index is 3.74. The Morgan fingerprint density at radius 3 is 2.42 bits per heavy atom. The largest absolute Gasteiger partial charge is 0.313 e. The number of nitrogens with zero attached hydrogens (tertiary/aromatic N) is 1. The lowest BCUT2D eigenvalue weighted by Crippen LogP contribution is -2.45. The topological polar surface area (TPSA) is 15.3 Å². The fourth-order valence-electron chi connectivity index (χ4n) is 3.02. The van der Waals surface area contributed by atoms with Crippen LogP contribution in [-0.2, 0) is 0 Å². The summed E-state index contributed by atoms with van der Waals surface area (Å²) in [6, 6.07) is 0.641. The summed E-state index contributed by atoms with van der Waals surface area (Å²) in [4.78, 5) is 2.68. The summed E-state index contributed by atoms with van der Waals surface area (Å²) in [5.74, 6) is 1.78. The smallest absolute Gasteiger partial charge is 0.0128 e. The summed E-state index contributed by atoms with van der Waals surface area (Å²) >= 11 is 0. The molecule has 1 aliphatic rings. The van der Waals surface area contributed by atoms with Gasteiger partial charge < -0.3 is 10.2 Å². The summed E-state index contributed by atoms with van der Waals surface area (Å²) in [6.07, 6.45) is 3.89. The first-order valence-corrected chi connectivity index (χ1v) is 8.30. The Morgan fingerprint density at radius 2 is 1.89 bits per heavy atom. The molecule has 1 heterocycles. The molecule has 3 atom stereocenters. The number of piperidine rings is 1. The van der Waals surface area contributed by atoms with E-state index in [2.05, 4.69) is 51.8 Å². The molecule has 0 aromatic carbocycles. The van der Waals surface area contributed by atoms with Gasteiger partial charge in [0.2, 0.25) is 0 Å². The Kier molecular flexibility index (Phi) is 6.82. The summed E-state index contributed by atoms with van der Waals surface area (Å²) in [6.45, 7) is 19.2. The molecule has 114 valence electrons. The number of likely N-dealkylation sites (tertiary alicyclic amines) is 1. The third-order valence-electron chi connectivity index (χ3n) is 4.84. The zero-order valence-corrected chi connectivity index (χ0v) is 14.1. The van der Waals surface area contributed by atoms with Crippen molar-refractivity contribution in [2.45, 2.75) is 66.8 Å². The van der Waals surface area contributed by atoms with Gasteiger partial charge in [0, 0.05) is 12.6 Å². The van der Waals surface area contributed by atoms with Crippen LogP contribution in [0.1, 0.15) is 60.8 Å². The van der Waals surface area contributed by atoms with Crippen molar-refractivity contribution in [1.29, 1.82) is 0 Å². The molecule has 1 aliphatic heterocycles. The van der Waals surface area contributed by atoms with Gasteiger partial charge in [0.1, 0.15) is 0 Å². The van der Waals surface area contributed by atoms with Crippen LogP contribution in [0, 0.1) is 17.3 Å². The van der Waals surface area contributed by atoms with Crippen molar-refractivity contribution in [2.75, 3.05) is 26.2 Å². The van der Waals surface area contributed by atoms with E-state index in [0.29, 0.717) is 11.5 Å². The predicted molar refractivity (Wildman–Crippen MR) is 85.5 cm³/mol. The van der Waals surface area contributed by atoms with Crippen LogP contribution in [-0.4, -0.2) is 37.1 Å². The monoisotopic (exact) mass is 268 g/mol. The van der Waals surface area contributed by atoms with Crippen LogP contribution in [0.3, 0.4) is 0 Å². The number of rotatable bonds is 6. The molecule has 0 amide bonds. The summed E-state index contributed by atoms with van der Waals surface area (Å²) in [5.41, 5.74) is 0.365. The Hall–Kier alpha value is -0.0800. The van der Waals surface area contributed by atoms with Crippen molar-refractivity contribution in [3.63, 3.8) is 0 Å². The highest BCUT2D eigenvalue weighted by atomic mass is 15.1. The molecule has 19 heavy (non-hydrogen) atoms. The number of nitrogens with one attached hydrogen (secondary N) is 1. The van der Waals surface area contributed by atoms with Crippen molar-refractivity contribution in [3.8, 4) is 0 Å². The van der Waals surface area contributed by atoms with Crippen LogP contribution in [0.4, 0.5) is 0 Å². The first-order valence-electron chi connectivity index (χ1n) is 8.30. The normalized spacial score (nSPS) is 27.5. The van der Waals surface area contributed by atoms with Gasteiger partial charge in [-0.2, -0.15) is 0 Å². The van der Waals surface area contributed by atoms with E-state index in [1.165, 1.54) is 38.9 Å². The van der Waals surface area contributed by atoms with Gasteiger partial charge in [-0.15, -0.1) is 0 Å². The molecular weight excluding hydrogens is 232 g/mol. The van der Waals surface area contributed by atoms with Crippen molar-refractivity contribution in [1.82, 2.24) is 10.2 Å². The average molecular weight is 268 g/mol. The average Bonchev–Trinajstić information content (AvgIpc) is 2.32. The molecule has 3 unspecified atom stereocenters. The molecule has 2 nitrogen and oxygen atoms in total. The molecule has 0 aromatic rings. The molecule has 0 saturated carbocycles. The van der Waals surface area contributed by atoms with Crippen LogP contribution in [0.2, 0.25) is 0 Å². The van der Waals surface area contributed by atoms with E-state index < -0.39 is 0 Å². The second-order valence-electron chi connectivity index (χ2n) is 7.71. The van der Waals surface area contributed by atoms with Crippen LogP contribution in [0.5, 0.6) is 0 Å². The second-order valence-corrected chi connectivity index (χ2v) is 7.71. The van der Waals surface area contributed by atoms with E-state index in [1.54, 1.807) is 0 Å². The maximum Gasteiger partial charge on any atom is 0.0128 e. The fraction of sp³-hybridized carbons (Fsp3) is 1.00. The van der Waals surface area contributed by atoms with E-state index in [-0.39, 0.29) is 0 Å². The lowest BCUT2D eigenvalue weighted by atomic mass is 9.84. The van der Waals surface area contributed by atoms with E-state index in [0.717, 1.165) is 18.4 Å². The predicted octanol–water partition coefficient (Wildman–Crippen LogP) is 3.77. The third kappa shape index (κ3) is 5.83. The summed E-state index contributed by atoms with van der Waals surface area (Å²) in [7, 11) is 0. The van der Waals surface area contributed by atoms with Gasteiger partial charge in [-0.25, -0.2) is 0 Å². The second kappa shape index (κ2) is 7.64. The molecule has 0 bridgehead atoms. The Morgan fingerprint density at radius 1 is 1.21 bits per heavy atom. The minimum Gasteiger partial charge on any atom is -0.313 e. The van der Waals surface area contributed by atoms with Crippen LogP contribution >= 0.6 is 0 Å². The summed E-state index contributed by atoms with van der Waals surface area (Å²) in [5, 5.41) is 3.74. The van der Waals surface area contributed by atoms with Gasteiger partial charge in [0.25, 0.3) is 0 Å². The van der Waals surface area contributed by atoms with Gasteiger partial charge >= 0.3 is 0 Å². The molecule has 1 fully saturated rings. The Labute approximate surface area is 121 Å². The SMILES string of the molecule is CCCNC(CCN1CCC(C)C(C)C1)C(C)(C)C. The molecule has 1 N–H and O–H groups in total. The number of hydrogen-bond acceptors (Lipinski definition) is 2. The molecule has 1 saturated heterocycles. The molecule has 1 rings (SSSR count). The quantitative estimate of drug-likeness (QED) is 0.789. The Balaban J connectivity index is 2.39. The zero-order valence-electron chi connectivity index (χ0n) is 14.1. The van der Waals surface area contributed by atoms with Crippen LogP contribution in [0.15, 0.2) is 0 Å².